The average molecular weight is 429 g/mol. The van der Waals surface area contributed by atoms with Gasteiger partial charge in [0.2, 0.25) is 5.91 Å². The number of carbonyl (C=O) groups excluding carboxylic acids is 1. The molecule has 30 heavy (non-hydrogen) atoms. The van der Waals surface area contributed by atoms with Crippen molar-refractivity contribution in [2.75, 3.05) is 26.2 Å². The van der Waals surface area contributed by atoms with Gasteiger partial charge in [-0.1, -0.05) is 6.07 Å². The zero-order valence-corrected chi connectivity index (χ0v) is 16.5. The summed E-state index contributed by atoms with van der Waals surface area (Å²) < 4.78 is 37.7. The number of halogens is 3. The van der Waals surface area contributed by atoms with E-state index in [1.54, 1.807) is 0 Å². The quantitative estimate of drug-likeness (QED) is 0.745. The highest BCUT2D eigenvalue weighted by atomic mass is 19.4. The van der Waals surface area contributed by atoms with Crippen LogP contribution in [0.25, 0.3) is 0 Å². The molecule has 3 heterocycles. The smallest absolute Gasteiger partial charge is 0.475 e. The van der Waals surface area contributed by atoms with E-state index in [0.717, 1.165) is 51.2 Å². The van der Waals surface area contributed by atoms with Crippen molar-refractivity contribution in [3.63, 3.8) is 0 Å². The van der Waals surface area contributed by atoms with Crippen LogP contribution in [0, 0.1) is 17.8 Å². The van der Waals surface area contributed by atoms with Crippen molar-refractivity contribution in [2.24, 2.45) is 17.8 Å². The second-order valence-corrected chi connectivity index (χ2v) is 7.96. The van der Waals surface area contributed by atoms with Crippen LogP contribution in [0.3, 0.4) is 0 Å². The zero-order chi connectivity index (χ0) is 21.7. The maximum Gasteiger partial charge on any atom is 0.490 e. The summed E-state index contributed by atoms with van der Waals surface area (Å²) in [4.78, 5) is 27.6. The Balaban J connectivity index is 0.000000318. The molecule has 7 nitrogen and oxygen atoms in total. The minimum Gasteiger partial charge on any atom is -0.475 e. The van der Waals surface area contributed by atoms with E-state index in [1.807, 2.05) is 18.3 Å². The lowest BCUT2D eigenvalue weighted by Crippen LogP contribution is -2.43. The molecule has 2 aliphatic heterocycles. The van der Waals surface area contributed by atoms with Gasteiger partial charge in [0.15, 0.2) is 0 Å². The summed E-state index contributed by atoms with van der Waals surface area (Å²) in [6.45, 7) is 4.61. The number of aromatic nitrogens is 1. The molecule has 2 saturated heterocycles. The van der Waals surface area contributed by atoms with E-state index in [2.05, 4.69) is 21.3 Å². The molecule has 0 spiro atoms. The lowest BCUT2D eigenvalue weighted by atomic mass is 9.84. The molecule has 0 unspecified atom stereocenters. The number of likely N-dealkylation sites (tertiary alicyclic amines) is 1. The van der Waals surface area contributed by atoms with Crippen LogP contribution in [0.5, 0.6) is 0 Å². The summed E-state index contributed by atoms with van der Waals surface area (Å²) in [5.74, 6) is -1.06. The highest BCUT2D eigenvalue weighted by Crippen LogP contribution is 2.35. The first-order chi connectivity index (χ1) is 14.2. The lowest BCUT2D eigenvalue weighted by Gasteiger charge is -2.35. The third-order valence-electron chi connectivity index (χ3n) is 5.66. The first-order valence-corrected chi connectivity index (χ1v) is 10.1. The summed E-state index contributed by atoms with van der Waals surface area (Å²) in [5, 5.41) is 10.2. The molecule has 3 atom stereocenters. The first-order valence-electron chi connectivity index (χ1n) is 10.1. The summed E-state index contributed by atoms with van der Waals surface area (Å²) in [6, 6.07) is 6.10. The number of alkyl halides is 3. The van der Waals surface area contributed by atoms with Crippen molar-refractivity contribution in [1.29, 1.82) is 0 Å². The molecule has 3 fully saturated rings. The van der Waals surface area contributed by atoms with Gasteiger partial charge in [-0.3, -0.25) is 14.7 Å². The van der Waals surface area contributed by atoms with Gasteiger partial charge in [0.05, 0.1) is 18.4 Å². The fourth-order valence-electron chi connectivity index (χ4n) is 3.93. The topological polar surface area (TPSA) is 91.8 Å². The van der Waals surface area contributed by atoms with E-state index in [-0.39, 0.29) is 17.9 Å². The molecular weight excluding hydrogens is 403 g/mol. The lowest BCUT2D eigenvalue weighted by molar-refractivity contribution is -0.192. The van der Waals surface area contributed by atoms with Crippen LogP contribution in [-0.2, 0) is 20.9 Å². The van der Waals surface area contributed by atoms with Crippen molar-refractivity contribution < 1.29 is 32.6 Å². The summed E-state index contributed by atoms with van der Waals surface area (Å²) in [6.07, 6.45) is 0.262. The molecule has 0 aromatic carbocycles. The maximum absolute atomic E-state index is 11.8. The van der Waals surface area contributed by atoms with Crippen molar-refractivity contribution in [3.8, 4) is 0 Å². The normalized spacial score (nSPS) is 26.3. The Labute approximate surface area is 172 Å². The van der Waals surface area contributed by atoms with Gasteiger partial charge in [-0.15, -0.1) is 0 Å². The Morgan fingerprint density at radius 2 is 2.00 bits per heavy atom. The van der Waals surface area contributed by atoms with E-state index in [9.17, 15) is 18.0 Å². The van der Waals surface area contributed by atoms with Crippen molar-refractivity contribution >= 4 is 11.9 Å². The molecule has 4 rings (SSSR count). The first kappa shape index (κ1) is 22.5. The number of carbonyl (C=O) groups is 2. The van der Waals surface area contributed by atoms with Crippen LogP contribution < -0.4 is 5.32 Å². The van der Waals surface area contributed by atoms with Crippen LogP contribution >= 0.6 is 0 Å². The van der Waals surface area contributed by atoms with E-state index in [1.165, 1.54) is 0 Å². The SMILES string of the molecule is O=C(NC[C@@H]1OC[C@@H]2CN(Cc3ccccn3)CC[C@@H]21)C1CC1.O=C(O)C(F)(F)F. The van der Waals surface area contributed by atoms with Gasteiger partial charge in [0, 0.05) is 37.7 Å². The molecule has 1 aromatic heterocycles. The number of aliphatic carboxylic acids is 1. The fourth-order valence-corrected chi connectivity index (χ4v) is 3.93. The molecule has 1 aromatic rings. The zero-order valence-electron chi connectivity index (χ0n) is 16.5. The summed E-state index contributed by atoms with van der Waals surface area (Å²) in [5.41, 5.74) is 1.14. The predicted octanol–water partition coefficient (Wildman–Crippen LogP) is 2.08. The molecule has 1 saturated carbocycles. The monoisotopic (exact) mass is 429 g/mol. The van der Waals surface area contributed by atoms with E-state index < -0.39 is 12.1 Å². The highest BCUT2D eigenvalue weighted by molar-refractivity contribution is 5.80. The van der Waals surface area contributed by atoms with Gasteiger partial charge in [-0.2, -0.15) is 13.2 Å². The van der Waals surface area contributed by atoms with Gasteiger partial charge in [-0.05, 0) is 43.9 Å². The van der Waals surface area contributed by atoms with Crippen LogP contribution in [0.2, 0.25) is 0 Å². The molecule has 3 aliphatic rings. The molecule has 0 radical (unpaired) electrons. The Hall–Kier alpha value is -2.20. The number of carboxylic acid groups (broad SMARTS) is 1. The van der Waals surface area contributed by atoms with E-state index in [0.29, 0.717) is 18.4 Å². The highest BCUT2D eigenvalue weighted by Gasteiger charge is 2.41. The third kappa shape index (κ3) is 6.40. The van der Waals surface area contributed by atoms with Crippen LogP contribution in [0.15, 0.2) is 24.4 Å². The molecule has 2 N–H and O–H groups in total. The number of amides is 1. The molecule has 10 heteroatoms. The third-order valence-corrected chi connectivity index (χ3v) is 5.66. The number of fused-ring (bicyclic) bond motifs is 1. The number of rotatable bonds is 5. The number of hydrogen-bond acceptors (Lipinski definition) is 5. The largest absolute Gasteiger partial charge is 0.490 e. The molecular formula is C20H26F3N3O4. The number of nitrogens with one attached hydrogen (secondary N) is 1. The van der Waals surface area contributed by atoms with Crippen molar-refractivity contribution in [1.82, 2.24) is 15.2 Å². The number of pyridine rings is 1. The Morgan fingerprint density at radius 1 is 1.27 bits per heavy atom. The number of nitrogens with zero attached hydrogens (tertiary/aromatic N) is 2. The second-order valence-electron chi connectivity index (χ2n) is 7.96. The molecule has 1 aliphatic carbocycles. The standard InChI is InChI=1S/C18H25N3O2.C2HF3O2/c22-18(13-4-5-13)20-9-17-16-6-8-21(10-14(16)12-23-17)11-15-3-1-2-7-19-15;3-2(4,5)1(6)7/h1-3,7,13-14,16-17H,4-6,8-12H2,(H,20,22);(H,6,7)/t14-,16-,17-;/m0./s1. The van der Waals surface area contributed by atoms with E-state index in [4.69, 9.17) is 14.6 Å². The molecule has 166 valence electrons. The number of hydrogen-bond donors (Lipinski definition) is 2. The Bertz CT molecular complexity index is 728. The van der Waals surface area contributed by atoms with Gasteiger partial charge >= 0.3 is 12.1 Å². The van der Waals surface area contributed by atoms with Crippen molar-refractivity contribution in [3.05, 3.63) is 30.1 Å². The van der Waals surface area contributed by atoms with Crippen LogP contribution in [0.4, 0.5) is 13.2 Å². The number of carboxylic acids is 1. The van der Waals surface area contributed by atoms with Crippen molar-refractivity contribution in [2.45, 2.75) is 38.1 Å². The van der Waals surface area contributed by atoms with Gasteiger partial charge in [0.25, 0.3) is 0 Å². The van der Waals surface area contributed by atoms with Gasteiger partial charge in [-0.25, -0.2) is 4.79 Å². The number of ether oxygens (including phenoxy) is 1. The van der Waals surface area contributed by atoms with Gasteiger partial charge < -0.3 is 15.2 Å². The van der Waals surface area contributed by atoms with Crippen LogP contribution in [-0.4, -0.2) is 65.4 Å². The maximum atomic E-state index is 11.8. The fraction of sp³-hybridized carbons (Fsp3) is 0.650. The average Bonchev–Trinajstić information content (AvgIpc) is 3.48. The Morgan fingerprint density at radius 3 is 2.60 bits per heavy atom. The van der Waals surface area contributed by atoms with E-state index >= 15 is 0 Å². The number of piperidine rings is 1. The molecule has 0 bridgehead atoms. The summed E-state index contributed by atoms with van der Waals surface area (Å²) >= 11 is 0. The Kier molecular flexibility index (Phi) is 7.30. The minimum absolute atomic E-state index is 0.208. The second kappa shape index (κ2) is 9.74. The van der Waals surface area contributed by atoms with Gasteiger partial charge in [0.1, 0.15) is 0 Å². The molecule has 1 amide bonds. The minimum atomic E-state index is -5.08. The predicted molar refractivity (Wildman–Crippen MR) is 100 cm³/mol. The van der Waals surface area contributed by atoms with Crippen LogP contribution in [0.1, 0.15) is 25.0 Å². The summed E-state index contributed by atoms with van der Waals surface area (Å²) in [7, 11) is 0.